The first-order valence-corrected chi connectivity index (χ1v) is 12.5. The number of benzene rings is 2. The molecular formula is C32H34Mo2N6O4+8. The predicted molar refractivity (Wildman–Crippen MR) is 169 cm³/mol. The zero-order valence-electron chi connectivity index (χ0n) is 24.6. The SMILES string of the molecule is CC#N.CC#N.CC(=[OH+])[OH2+].CC(=[OH+])[OH2+].[Mo+2].[Mo+2].c1cnc2c(c1)ccc1cccnc12.c1cnc2c(c1)ccc1cccnc12. The molecule has 12 heteroatoms. The van der Waals surface area contributed by atoms with E-state index in [-0.39, 0.29) is 54.1 Å². The van der Waals surface area contributed by atoms with Crippen LogP contribution in [0.2, 0.25) is 0 Å². The van der Waals surface area contributed by atoms with Crippen LogP contribution in [0.3, 0.4) is 0 Å². The minimum Gasteiger partial charge on any atom is -0.524 e. The molecule has 10 nitrogen and oxygen atoms in total. The van der Waals surface area contributed by atoms with Crippen LogP contribution in [0.25, 0.3) is 43.6 Å². The number of nitriles is 2. The molecule has 0 aliphatic heterocycles. The molecule has 6 rings (SSSR count). The van der Waals surface area contributed by atoms with Crippen LogP contribution in [0.1, 0.15) is 27.7 Å². The zero-order valence-corrected chi connectivity index (χ0v) is 28.6. The Hall–Kier alpha value is -4.62. The number of carbonyl (C=O) groups excluding carboxylic acids is 2. The number of nitrogens with zero attached hydrogens (tertiary/aromatic N) is 6. The average molecular weight is 759 g/mol. The van der Waals surface area contributed by atoms with Crippen LogP contribution in [0.5, 0.6) is 0 Å². The van der Waals surface area contributed by atoms with Crippen molar-refractivity contribution >= 4 is 55.6 Å². The zero-order chi connectivity index (χ0) is 31.3. The smallest absolute Gasteiger partial charge is 0.524 e. The van der Waals surface area contributed by atoms with Crippen LogP contribution in [0.4, 0.5) is 0 Å². The monoisotopic (exact) mass is 762 g/mol. The molecule has 0 amide bonds. The minimum atomic E-state index is -0.333. The summed E-state index contributed by atoms with van der Waals surface area (Å²) in [6.07, 6.45) is 7.21. The molecule has 0 aliphatic rings. The van der Waals surface area contributed by atoms with Gasteiger partial charge in [-0.25, -0.2) is 9.59 Å². The molecule has 0 atom stereocenters. The Morgan fingerprint density at radius 2 is 0.682 bits per heavy atom. The van der Waals surface area contributed by atoms with Gasteiger partial charge in [0.05, 0.1) is 34.2 Å². The summed E-state index contributed by atoms with van der Waals surface area (Å²) >= 11 is 0. The van der Waals surface area contributed by atoms with Gasteiger partial charge in [-0.3, -0.25) is 19.9 Å². The first-order chi connectivity index (χ1) is 20.2. The van der Waals surface area contributed by atoms with Crippen molar-refractivity contribution in [1.82, 2.24) is 19.9 Å². The molecule has 0 fully saturated rings. The molecule has 0 aliphatic carbocycles. The fourth-order valence-corrected chi connectivity index (χ4v) is 3.36. The van der Waals surface area contributed by atoms with Crippen molar-refractivity contribution in [3.05, 3.63) is 97.6 Å². The molecule has 0 radical (unpaired) electrons. The van der Waals surface area contributed by atoms with Gasteiger partial charge in [-0.05, 0) is 24.3 Å². The van der Waals surface area contributed by atoms with Gasteiger partial charge in [0.1, 0.15) is 13.8 Å². The number of pyridine rings is 4. The molecule has 4 aromatic heterocycles. The summed E-state index contributed by atoms with van der Waals surface area (Å²) in [6.45, 7) is 5.47. The second-order valence-corrected chi connectivity index (χ2v) is 8.05. The van der Waals surface area contributed by atoms with Gasteiger partial charge < -0.3 is 10.2 Å². The molecule has 2 aromatic carbocycles. The number of aromatic nitrogens is 4. The Labute approximate surface area is 284 Å². The van der Waals surface area contributed by atoms with E-state index < -0.39 is 0 Å². The second-order valence-electron chi connectivity index (χ2n) is 8.05. The van der Waals surface area contributed by atoms with Crippen LogP contribution in [-0.2, 0) is 42.1 Å². The third-order valence-electron chi connectivity index (χ3n) is 4.69. The summed E-state index contributed by atoms with van der Waals surface area (Å²) in [5.74, 6) is -0.667. The van der Waals surface area contributed by atoms with Gasteiger partial charge in [0.15, 0.2) is 0 Å². The molecule has 0 unspecified atom stereocenters. The van der Waals surface area contributed by atoms with E-state index in [0.717, 1.165) is 43.6 Å². The van der Waals surface area contributed by atoms with Crippen LogP contribution in [-0.4, -0.2) is 51.7 Å². The van der Waals surface area contributed by atoms with Gasteiger partial charge in [-0.2, -0.15) is 10.5 Å². The molecule has 4 heterocycles. The fraction of sp³-hybridized carbons (Fsp3) is 0.125. The van der Waals surface area contributed by atoms with E-state index in [9.17, 15) is 0 Å². The van der Waals surface area contributed by atoms with Crippen molar-refractivity contribution in [2.75, 3.05) is 0 Å². The van der Waals surface area contributed by atoms with Crippen LogP contribution in [0.15, 0.2) is 97.6 Å². The van der Waals surface area contributed by atoms with Gasteiger partial charge in [-0.15, -0.1) is 0 Å². The van der Waals surface area contributed by atoms with E-state index in [0.29, 0.717) is 0 Å². The number of hydrogen-bond donors (Lipinski definition) is 0. The first-order valence-electron chi connectivity index (χ1n) is 12.5. The van der Waals surface area contributed by atoms with Gasteiger partial charge in [-0.1, -0.05) is 48.5 Å². The third kappa shape index (κ3) is 15.0. The maximum Gasteiger partial charge on any atom is 2.00 e. The number of rotatable bonds is 0. The summed E-state index contributed by atoms with van der Waals surface area (Å²) in [7, 11) is 0. The summed E-state index contributed by atoms with van der Waals surface area (Å²) < 4.78 is 0. The van der Waals surface area contributed by atoms with Crippen molar-refractivity contribution in [2.45, 2.75) is 27.7 Å². The van der Waals surface area contributed by atoms with Gasteiger partial charge in [0, 0.05) is 60.2 Å². The fourth-order valence-electron chi connectivity index (χ4n) is 3.36. The molecule has 0 spiro atoms. The van der Waals surface area contributed by atoms with Crippen molar-refractivity contribution in [3.8, 4) is 12.1 Å². The van der Waals surface area contributed by atoms with Crippen molar-refractivity contribution in [1.29, 1.82) is 10.5 Å². The third-order valence-corrected chi connectivity index (χ3v) is 4.69. The van der Waals surface area contributed by atoms with E-state index in [1.807, 2.05) is 24.3 Å². The summed E-state index contributed by atoms with van der Waals surface area (Å²) in [5, 5.41) is 31.3. The quantitative estimate of drug-likeness (QED) is 0.118. The van der Waals surface area contributed by atoms with E-state index in [4.69, 9.17) is 30.3 Å². The molecule has 0 bridgehead atoms. The Bertz CT molecular complexity index is 1590. The number of hydrogen-bond acceptors (Lipinski definition) is 6. The van der Waals surface area contributed by atoms with Gasteiger partial charge in [0.25, 0.3) is 0 Å². The maximum absolute atomic E-state index is 7.64. The Kier molecular flexibility index (Phi) is 22.5. The van der Waals surface area contributed by atoms with Gasteiger partial charge >= 0.3 is 54.1 Å². The van der Waals surface area contributed by atoms with Crippen LogP contribution >= 0.6 is 0 Å². The molecular weight excluding hydrogens is 724 g/mol. The Morgan fingerprint density at radius 1 is 0.523 bits per heavy atom. The van der Waals surface area contributed by atoms with Crippen molar-refractivity contribution in [3.63, 3.8) is 0 Å². The van der Waals surface area contributed by atoms with Crippen molar-refractivity contribution < 1.29 is 61.9 Å². The summed E-state index contributed by atoms with van der Waals surface area (Å²) in [6, 6.07) is 27.8. The topological polar surface area (TPSA) is 188 Å². The van der Waals surface area contributed by atoms with Crippen LogP contribution in [0, 0.1) is 22.7 Å². The first kappa shape index (κ1) is 41.5. The average Bonchev–Trinajstić information content (AvgIpc) is 2.98. The largest absolute Gasteiger partial charge is 2.00 e. The standard InChI is InChI=1S/2C12H8N2.2C2H3N.2C2H4O2.2Mo/c2*1-3-9-5-6-10-4-2-8-14-12(10)11(9)13-7-1;2*1-2-3;2*1-2(3)4;;/h2*1-8H;2*1H3;2*1H3,(H,3,4);;/q;;;;;;2*+2/p+4. The molecule has 0 saturated carbocycles. The van der Waals surface area contributed by atoms with Crippen molar-refractivity contribution in [2.24, 2.45) is 0 Å². The second kappa shape index (κ2) is 23.9. The molecule has 6 N–H and O–H groups in total. The minimum absolute atomic E-state index is 0. The summed E-state index contributed by atoms with van der Waals surface area (Å²) in [5.41, 5.74) is 3.91. The van der Waals surface area contributed by atoms with E-state index >= 15 is 0 Å². The Balaban J connectivity index is 0. The molecule has 6 aromatic rings. The molecule has 220 valence electrons. The van der Waals surface area contributed by atoms with Crippen LogP contribution < -0.4 is 0 Å². The summed E-state index contributed by atoms with van der Waals surface area (Å²) in [4.78, 5) is 32.7. The molecule has 44 heavy (non-hydrogen) atoms. The molecule has 0 saturated heterocycles. The Morgan fingerprint density at radius 3 is 0.841 bits per heavy atom. The van der Waals surface area contributed by atoms with E-state index in [2.05, 4.69) is 68.5 Å². The van der Waals surface area contributed by atoms with E-state index in [1.54, 1.807) is 36.9 Å². The van der Waals surface area contributed by atoms with E-state index in [1.165, 1.54) is 27.7 Å². The normalized spacial score (nSPS) is 8.41. The van der Waals surface area contributed by atoms with Gasteiger partial charge in [0.2, 0.25) is 0 Å². The predicted octanol–water partition coefficient (Wildman–Crippen LogP) is 5.09. The number of fused-ring (bicyclic) bond motifs is 6. The maximum atomic E-state index is 7.64.